The number of amides is 1. The molecule has 5 N–H and O–H groups in total. The van der Waals surface area contributed by atoms with Gasteiger partial charge in [-0.1, -0.05) is 30.3 Å². The number of rotatable bonds is 3. The molecule has 0 saturated heterocycles. The normalized spacial score (nSPS) is 10.7. The lowest BCUT2D eigenvalue weighted by Crippen LogP contribution is -2.48. The Bertz CT molecular complexity index is 984. The van der Waals surface area contributed by atoms with E-state index in [9.17, 15) is 4.79 Å². The maximum absolute atomic E-state index is 12.8. The Morgan fingerprint density at radius 2 is 2.00 bits per heavy atom. The second-order valence-electron chi connectivity index (χ2n) is 5.96. The maximum Gasteiger partial charge on any atom is 0.282 e. The molecule has 6 nitrogen and oxygen atoms in total. The first-order valence-electron chi connectivity index (χ1n) is 7.95. The Morgan fingerprint density at radius 1 is 1.31 bits per heavy atom. The Balaban J connectivity index is 1.88. The second-order valence-corrected chi connectivity index (χ2v) is 7.37. The molecule has 134 valence electrons. The van der Waals surface area contributed by atoms with E-state index in [4.69, 9.17) is 23.7 Å². The summed E-state index contributed by atoms with van der Waals surface area (Å²) in [5.41, 5.74) is 18.0. The van der Waals surface area contributed by atoms with Gasteiger partial charge in [0, 0.05) is 11.1 Å². The van der Waals surface area contributed by atoms with Gasteiger partial charge in [-0.15, -0.1) is 11.3 Å². The van der Waals surface area contributed by atoms with Crippen molar-refractivity contribution in [1.29, 1.82) is 0 Å². The van der Waals surface area contributed by atoms with E-state index in [1.165, 1.54) is 16.3 Å². The molecule has 0 spiro atoms. The molecule has 26 heavy (non-hydrogen) atoms. The van der Waals surface area contributed by atoms with Crippen LogP contribution in [-0.2, 0) is 6.54 Å². The number of benzene rings is 1. The van der Waals surface area contributed by atoms with E-state index in [1.807, 2.05) is 50.2 Å². The minimum atomic E-state index is -0.355. The minimum Gasteiger partial charge on any atom is -0.397 e. The van der Waals surface area contributed by atoms with E-state index in [-0.39, 0.29) is 11.0 Å². The zero-order valence-corrected chi connectivity index (χ0v) is 16.1. The summed E-state index contributed by atoms with van der Waals surface area (Å²) < 4.78 is 0. The number of aromatic nitrogens is 1. The molecule has 0 atom stereocenters. The third-order valence-corrected chi connectivity index (χ3v) is 5.24. The zero-order chi connectivity index (χ0) is 18.8. The Kier molecular flexibility index (Phi) is 5.06. The number of hydrazine groups is 1. The predicted molar refractivity (Wildman–Crippen MR) is 110 cm³/mol. The first kappa shape index (κ1) is 18.1. The van der Waals surface area contributed by atoms with Gasteiger partial charge in [-0.2, -0.15) is 0 Å². The number of anilines is 1. The van der Waals surface area contributed by atoms with Gasteiger partial charge < -0.3 is 11.5 Å². The first-order valence-corrected chi connectivity index (χ1v) is 9.17. The number of nitrogens with one attached hydrogen (secondary N) is 1. The third kappa shape index (κ3) is 3.61. The third-order valence-electron chi connectivity index (χ3n) is 3.92. The molecule has 0 aliphatic carbocycles. The predicted octanol–water partition coefficient (Wildman–Crippen LogP) is 2.89. The van der Waals surface area contributed by atoms with Gasteiger partial charge in [-0.05, 0) is 43.3 Å². The average Bonchev–Trinajstić information content (AvgIpc) is 2.91. The van der Waals surface area contributed by atoms with Gasteiger partial charge in [0.1, 0.15) is 9.71 Å². The van der Waals surface area contributed by atoms with Gasteiger partial charge in [0.25, 0.3) is 5.91 Å². The van der Waals surface area contributed by atoms with Crippen molar-refractivity contribution in [2.45, 2.75) is 20.4 Å². The molecule has 1 amide bonds. The lowest BCUT2D eigenvalue weighted by molar-refractivity contribution is 0.0871. The van der Waals surface area contributed by atoms with Gasteiger partial charge in [0.15, 0.2) is 5.11 Å². The summed E-state index contributed by atoms with van der Waals surface area (Å²) in [5.74, 6) is -0.355. The average molecular weight is 386 g/mol. The van der Waals surface area contributed by atoms with Crippen molar-refractivity contribution in [3.63, 3.8) is 0 Å². The summed E-state index contributed by atoms with van der Waals surface area (Å²) in [4.78, 5) is 18.4. The summed E-state index contributed by atoms with van der Waals surface area (Å²) in [6.45, 7) is 4.23. The number of fused-ring (bicyclic) bond motifs is 1. The minimum absolute atomic E-state index is 0.0760. The van der Waals surface area contributed by atoms with Crippen LogP contribution in [0.3, 0.4) is 0 Å². The van der Waals surface area contributed by atoms with Crippen LogP contribution in [0.25, 0.3) is 10.2 Å². The maximum atomic E-state index is 12.8. The van der Waals surface area contributed by atoms with Crippen molar-refractivity contribution in [1.82, 2.24) is 15.4 Å². The summed E-state index contributed by atoms with van der Waals surface area (Å²) >= 11 is 6.33. The molecule has 2 aromatic heterocycles. The molecule has 2 heterocycles. The lowest BCUT2D eigenvalue weighted by Gasteiger charge is -2.23. The van der Waals surface area contributed by atoms with Gasteiger partial charge in [-0.3, -0.25) is 15.2 Å². The Labute approximate surface area is 160 Å². The number of nitrogens with zero attached hydrogens (tertiary/aromatic N) is 2. The number of carbonyl (C=O) groups excluding carboxylic acids is 1. The van der Waals surface area contributed by atoms with E-state index in [2.05, 4.69) is 10.4 Å². The van der Waals surface area contributed by atoms with Crippen molar-refractivity contribution < 1.29 is 4.79 Å². The lowest BCUT2D eigenvalue weighted by atomic mass is 10.1. The van der Waals surface area contributed by atoms with Crippen LogP contribution in [0.2, 0.25) is 0 Å². The van der Waals surface area contributed by atoms with Gasteiger partial charge in [0.05, 0.1) is 12.2 Å². The van der Waals surface area contributed by atoms with Gasteiger partial charge in [0.2, 0.25) is 0 Å². The van der Waals surface area contributed by atoms with E-state index >= 15 is 0 Å². The zero-order valence-electron chi connectivity index (χ0n) is 14.4. The van der Waals surface area contributed by atoms with Crippen LogP contribution in [0, 0.1) is 13.8 Å². The number of hydrogen-bond acceptors (Lipinski definition) is 5. The summed E-state index contributed by atoms with van der Waals surface area (Å²) in [6.07, 6.45) is 0. The summed E-state index contributed by atoms with van der Waals surface area (Å²) in [7, 11) is 0. The number of aryl methyl sites for hydroxylation is 2. The van der Waals surface area contributed by atoms with Crippen molar-refractivity contribution >= 4 is 50.5 Å². The van der Waals surface area contributed by atoms with Crippen molar-refractivity contribution in [3.05, 3.63) is 58.1 Å². The SMILES string of the molecule is Cc1cc(C)c2c(N)c(C(=O)NN(Cc3ccccc3)C(N)=S)sc2n1. The van der Waals surface area contributed by atoms with E-state index in [1.54, 1.807) is 0 Å². The molecule has 0 radical (unpaired) electrons. The molecule has 0 saturated carbocycles. The second kappa shape index (κ2) is 7.27. The van der Waals surface area contributed by atoms with Crippen molar-refractivity contribution in [3.8, 4) is 0 Å². The Hall–Kier alpha value is -2.71. The monoisotopic (exact) mass is 385 g/mol. The highest BCUT2D eigenvalue weighted by Crippen LogP contribution is 2.34. The first-order chi connectivity index (χ1) is 12.4. The van der Waals surface area contributed by atoms with Crippen molar-refractivity contribution in [2.75, 3.05) is 5.73 Å². The smallest absolute Gasteiger partial charge is 0.282 e. The number of hydrogen-bond donors (Lipinski definition) is 3. The number of nitrogen functional groups attached to an aromatic ring is 1. The number of nitrogens with two attached hydrogens (primary N) is 2. The fourth-order valence-electron chi connectivity index (χ4n) is 2.75. The van der Waals surface area contributed by atoms with Crippen LogP contribution in [0.15, 0.2) is 36.4 Å². The molecule has 0 fully saturated rings. The fraction of sp³-hybridized carbons (Fsp3) is 0.167. The molecule has 0 bridgehead atoms. The molecular weight excluding hydrogens is 366 g/mol. The van der Waals surface area contributed by atoms with E-state index < -0.39 is 0 Å². The van der Waals surface area contributed by atoms with Crippen molar-refractivity contribution in [2.24, 2.45) is 5.73 Å². The standard InChI is InChI=1S/C18H19N5OS2/c1-10-8-11(2)21-17-13(10)14(19)15(26-17)16(24)22-23(18(20)25)9-12-6-4-3-5-7-12/h3-8H,9,19H2,1-2H3,(H2,20,25)(H,22,24). The highest BCUT2D eigenvalue weighted by Gasteiger charge is 2.21. The molecule has 3 rings (SSSR count). The van der Waals surface area contributed by atoms with Crippen LogP contribution in [0.5, 0.6) is 0 Å². The number of thiophene rings is 1. The van der Waals surface area contributed by atoms with Gasteiger partial charge in [-0.25, -0.2) is 4.98 Å². The molecule has 0 unspecified atom stereocenters. The quantitative estimate of drug-likeness (QED) is 0.474. The molecule has 1 aromatic carbocycles. The highest BCUT2D eigenvalue weighted by molar-refractivity contribution is 7.80. The topological polar surface area (TPSA) is 97.3 Å². The van der Waals surface area contributed by atoms with Crippen LogP contribution >= 0.6 is 23.6 Å². The fourth-order valence-corrected chi connectivity index (χ4v) is 3.97. The van der Waals surface area contributed by atoms with Gasteiger partial charge >= 0.3 is 0 Å². The van der Waals surface area contributed by atoms with E-state index in [0.717, 1.165) is 27.0 Å². The highest BCUT2D eigenvalue weighted by atomic mass is 32.1. The van der Waals surface area contributed by atoms with Crippen LogP contribution in [-0.4, -0.2) is 21.0 Å². The van der Waals surface area contributed by atoms with Crippen LogP contribution in [0.4, 0.5) is 5.69 Å². The number of carbonyl (C=O) groups is 1. The van der Waals surface area contributed by atoms with Crippen LogP contribution in [0.1, 0.15) is 26.5 Å². The molecule has 3 aromatic rings. The number of thiocarbonyl (C=S) groups is 1. The summed E-state index contributed by atoms with van der Waals surface area (Å²) in [6, 6.07) is 11.6. The molecule has 8 heteroatoms. The molecule has 0 aliphatic heterocycles. The van der Waals surface area contributed by atoms with Crippen LogP contribution < -0.4 is 16.9 Å². The Morgan fingerprint density at radius 3 is 2.65 bits per heavy atom. The summed E-state index contributed by atoms with van der Waals surface area (Å²) in [5, 5.41) is 2.32. The van der Waals surface area contributed by atoms with E-state index in [0.29, 0.717) is 17.1 Å². The molecule has 0 aliphatic rings. The largest absolute Gasteiger partial charge is 0.397 e. The molecular formula is C18H19N5OS2. The number of pyridine rings is 1.